The van der Waals surface area contributed by atoms with E-state index in [0.29, 0.717) is 64.8 Å². The van der Waals surface area contributed by atoms with Crippen LogP contribution in [0.4, 0.5) is 4.39 Å². The number of nitrogens with one attached hydrogen (secondary N) is 2. The number of aromatic amines is 1. The molecule has 2 aliphatic rings. The van der Waals surface area contributed by atoms with E-state index in [2.05, 4.69) is 20.3 Å². The minimum atomic E-state index is -1.15. The zero-order valence-corrected chi connectivity index (χ0v) is 20.7. The van der Waals surface area contributed by atoms with E-state index in [4.69, 9.17) is 4.74 Å². The summed E-state index contributed by atoms with van der Waals surface area (Å²) in [4.78, 5) is 38.6. The van der Waals surface area contributed by atoms with Crippen LogP contribution in [0.2, 0.25) is 0 Å². The summed E-state index contributed by atoms with van der Waals surface area (Å²) in [5.41, 5.74) is 2.57. The van der Waals surface area contributed by atoms with Crippen LogP contribution in [0.25, 0.3) is 22.3 Å². The molecule has 4 N–H and O–H groups in total. The first kappa shape index (κ1) is 25.1. The number of amides is 2. The molecule has 2 fully saturated rings. The first-order valence-corrected chi connectivity index (χ1v) is 12.4. The van der Waals surface area contributed by atoms with E-state index in [1.165, 1.54) is 30.3 Å². The van der Waals surface area contributed by atoms with E-state index in [1.807, 2.05) is 0 Å². The molecule has 0 bridgehead atoms. The van der Waals surface area contributed by atoms with Crippen molar-refractivity contribution in [1.29, 1.82) is 0 Å². The van der Waals surface area contributed by atoms with Crippen LogP contribution in [0, 0.1) is 18.7 Å². The second-order valence-electron chi connectivity index (χ2n) is 9.86. The van der Waals surface area contributed by atoms with Crippen molar-refractivity contribution in [3.05, 3.63) is 41.6 Å². The fraction of sp³-hybridized carbons (Fsp3) is 0.462. The molecule has 11 heteroatoms. The number of aliphatic hydroxyl groups is 2. The molecule has 196 valence electrons. The molecule has 0 unspecified atom stereocenters. The fourth-order valence-electron chi connectivity index (χ4n) is 4.71. The number of aliphatic hydroxyl groups excluding tert-OH is 2. The number of hydrogen-bond donors (Lipinski definition) is 4. The monoisotopic (exact) mass is 511 g/mol. The standard InChI is InChI=1S/C26H30FN5O5/c1-13-21(25(35)31-18-7-8-32(10-19(18)34)26(36)14(2)33)23-24(30-13)22(28-12-29-23)17-9-16(27)5-6-20(17)37-11-15-3-4-15/h5-6,9,12,14-15,18-19,30,33-34H,3-4,7-8,10-11H2,1-2H3,(H,31,35)/t14-,18-,19-/m0/s1. The van der Waals surface area contributed by atoms with Gasteiger partial charge in [0.15, 0.2) is 0 Å². The van der Waals surface area contributed by atoms with Gasteiger partial charge in [-0.05, 0) is 57.2 Å². The van der Waals surface area contributed by atoms with Crippen LogP contribution in [0.3, 0.4) is 0 Å². The van der Waals surface area contributed by atoms with E-state index < -0.39 is 35.9 Å². The normalized spacial score (nSPS) is 20.6. The van der Waals surface area contributed by atoms with Gasteiger partial charge in [-0.3, -0.25) is 9.59 Å². The van der Waals surface area contributed by atoms with Crippen molar-refractivity contribution in [1.82, 2.24) is 25.2 Å². The Hall–Kier alpha value is -3.57. The second-order valence-corrected chi connectivity index (χ2v) is 9.86. The quantitative estimate of drug-likeness (QED) is 0.380. The number of carbonyl (C=O) groups excluding carboxylic acids is 2. The van der Waals surface area contributed by atoms with Gasteiger partial charge in [0.2, 0.25) is 0 Å². The van der Waals surface area contributed by atoms with Crippen molar-refractivity contribution in [2.24, 2.45) is 5.92 Å². The highest BCUT2D eigenvalue weighted by atomic mass is 19.1. The minimum absolute atomic E-state index is 0.0110. The third kappa shape index (κ3) is 5.14. The predicted octanol–water partition coefficient (Wildman–Crippen LogP) is 1.93. The van der Waals surface area contributed by atoms with Crippen molar-refractivity contribution < 1.29 is 28.9 Å². The number of piperidine rings is 1. The fourth-order valence-corrected chi connectivity index (χ4v) is 4.71. The highest BCUT2D eigenvalue weighted by Crippen LogP contribution is 2.36. The lowest BCUT2D eigenvalue weighted by Gasteiger charge is -2.36. The van der Waals surface area contributed by atoms with Crippen molar-refractivity contribution in [2.45, 2.75) is 51.4 Å². The number of hydrogen-bond acceptors (Lipinski definition) is 7. The van der Waals surface area contributed by atoms with Gasteiger partial charge >= 0.3 is 0 Å². The third-order valence-corrected chi connectivity index (χ3v) is 6.93. The summed E-state index contributed by atoms with van der Waals surface area (Å²) in [6, 6.07) is 3.70. The van der Waals surface area contributed by atoms with Crippen LogP contribution < -0.4 is 10.1 Å². The number of nitrogens with zero attached hydrogens (tertiary/aromatic N) is 3. The van der Waals surface area contributed by atoms with Crippen LogP contribution in [0.1, 0.15) is 42.2 Å². The number of benzene rings is 1. The van der Waals surface area contributed by atoms with Gasteiger partial charge in [-0.25, -0.2) is 14.4 Å². The van der Waals surface area contributed by atoms with Crippen LogP contribution in [-0.2, 0) is 4.79 Å². The van der Waals surface area contributed by atoms with Crippen LogP contribution in [-0.4, -0.2) is 79.8 Å². The topological polar surface area (TPSA) is 141 Å². The molecular weight excluding hydrogens is 481 g/mol. The molecule has 5 rings (SSSR count). The average Bonchev–Trinajstić information content (AvgIpc) is 3.63. The van der Waals surface area contributed by atoms with Gasteiger partial charge < -0.3 is 30.2 Å². The number of rotatable bonds is 7. The molecule has 10 nitrogen and oxygen atoms in total. The molecule has 0 spiro atoms. The molecule has 1 saturated carbocycles. The zero-order chi connectivity index (χ0) is 26.3. The summed E-state index contributed by atoms with van der Waals surface area (Å²) in [5.74, 6) is -0.307. The van der Waals surface area contributed by atoms with Gasteiger partial charge in [-0.1, -0.05) is 0 Å². The zero-order valence-electron chi connectivity index (χ0n) is 20.7. The Bertz CT molecular complexity index is 1340. The van der Waals surface area contributed by atoms with Crippen molar-refractivity contribution in [2.75, 3.05) is 19.7 Å². The Balaban J connectivity index is 1.41. The number of likely N-dealkylation sites (tertiary alicyclic amines) is 1. The highest BCUT2D eigenvalue weighted by Gasteiger charge is 2.33. The first-order valence-electron chi connectivity index (χ1n) is 12.4. The van der Waals surface area contributed by atoms with Crippen LogP contribution in [0.5, 0.6) is 5.75 Å². The molecule has 1 saturated heterocycles. The van der Waals surface area contributed by atoms with Gasteiger partial charge in [0.05, 0.1) is 29.8 Å². The number of aromatic nitrogens is 3. The Labute approximate surface area is 212 Å². The van der Waals surface area contributed by atoms with Crippen molar-refractivity contribution in [3.8, 4) is 17.0 Å². The minimum Gasteiger partial charge on any atom is -0.493 e. The molecule has 1 aliphatic heterocycles. The molecular formula is C26H30FN5O5. The smallest absolute Gasteiger partial charge is 0.255 e. The lowest BCUT2D eigenvalue weighted by Crippen LogP contribution is -2.56. The Morgan fingerprint density at radius 1 is 1.30 bits per heavy atom. The number of β-amino-alcohol motifs (C(OH)–C–C–N with tert-alkyl or cyclic N) is 1. The number of ether oxygens (including phenoxy) is 1. The largest absolute Gasteiger partial charge is 0.493 e. The summed E-state index contributed by atoms with van der Waals surface area (Å²) < 4.78 is 20.2. The summed E-state index contributed by atoms with van der Waals surface area (Å²) in [6.45, 7) is 3.97. The molecule has 1 aromatic carbocycles. The molecule has 37 heavy (non-hydrogen) atoms. The maximum Gasteiger partial charge on any atom is 0.255 e. The van der Waals surface area contributed by atoms with Gasteiger partial charge in [0, 0.05) is 24.3 Å². The summed E-state index contributed by atoms with van der Waals surface area (Å²) >= 11 is 0. The maximum absolute atomic E-state index is 14.2. The molecule has 2 aromatic heterocycles. The molecule has 3 heterocycles. The summed E-state index contributed by atoms with van der Waals surface area (Å²) in [6.07, 6.45) is 1.75. The van der Waals surface area contributed by atoms with Crippen LogP contribution >= 0.6 is 0 Å². The van der Waals surface area contributed by atoms with E-state index in [9.17, 15) is 24.2 Å². The SMILES string of the molecule is Cc1[nH]c2c(-c3cc(F)ccc3OCC3CC3)ncnc2c1C(=O)N[C@H]1CCN(C(=O)[C@H](C)O)C[C@@H]1O. The second kappa shape index (κ2) is 10.1. The van der Waals surface area contributed by atoms with Crippen molar-refractivity contribution >= 4 is 22.8 Å². The third-order valence-electron chi connectivity index (χ3n) is 6.93. The lowest BCUT2D eigenvalue weighted by atomic mass is 10.0. The maximum atomic E-state index is 14.2. The van der Waals surface area contributed by atoms with Gasteiger partial charge in [0.1, 0.15) is 35.2 Å². The van der Waals surface area contributed by atoms with E-state index in [-0.39, 0.29) is 6.54 Å². The number of aryl methyl sites for hydroxylation is 1. The molecule has 2 amide bonds. The Morgan fingerprint density at radius 3 is 2.78 bits per heavy atom. The number of carbonyl (C=O) groups is 2. The van der Waals surface area contributed by atoms with Crippen LogP contribution in [0.15, 0.2) is 24.5 Å². The summed E-state index contributed by atoms with van der Waals surface area (Å²) in [7, 11) is 0. The lowest BCUT2D eigenvalue weighted by molar-refractivity contribution is -0.142. The predicted molar refractivity (Wildman–Crippen MR) is 132 cm³/mol. The van der Waals surface area contributed by atoms with Gasteiger partial charge in [-0.15, -0.1) is 0 Å². The Morgan fingerprint density at radius 2 is 2.08 bits per heavy atom. The Kier molecular flexibility index (Phi) is 6.82. The van der Waals surface area contributed by atoms with Gasteiger partial charge in [0.25, 0.3) is 11.8 Å². The number of fused-ring (bicyclic) bond motifs is 1. The molecule has 0 radical (unpaired) electrons. The molecule has 3 atom stereocenters. The highest BCUT2D eigenvalue weighted by molar-refractivity contribution is 6.09. The molecule has 1 aliphatic carbocycles. The van der Waals surface area contributed by atoms with E-state index in [0.717, 1.165) is 12.8 Å². The average molecular weight is 512 g/mol. The number of H-pyrrole nitrogens is 1. The van der Waals surface area contributed by atoms with Gasteiger partial charge in [-0.2, -0.15) is 0 Å². The van der Waals surface area contributed by atoms with Crippen molar-refractivity contribution in [3.63, 3.8) is 0 Å². The van der Waals surface area contributed by atoms with E-state index >= 15 is 0 Å². The summed E-state index contributed by atoms with van der Waals surface area (Å²) in [5, 5.41) is 23.0. The van der Waals surface area contributed by atoms with E-state index in [1.54, 1.807) is 13.0 Å². The molecule has 3 aromatic rings. The number of halogens is 1. The first-order chi connectivity index (χ1) is 17.7.